The van der Waals surface area contributed by atoms with Gasteiger partial charge in [-0.2, -0.15) is 13.2 Å². The number of alkyl halides is 3. The van der Waals surface area contributed by atoms with Crippen molar-refractivity contribution in [3.63, 3.8) is 0 Å². The average molecular weight is 314 g/mol. The third kappa shape index (κ3) is 4.39. The standard InChI is InChI=1S/C16H21F3N2O/c1-21(11-12-7-3-2-4-8-12)15(22)20-14-10-6-5-9-13(14)16(17,18)19/h5-6,9-10,12H,2-4,7-8,11H2,1H3,(H,20,22). The number of anilines is 1. The van der Waals surface area contributed by atoms with Gasteiger partial charge in [0, 0.05) is 13.6 Å². The molecule has 0 aromatic heterocycles. The third-order valence-corrected chi connectivity index (χ3v) is 4.08. The zero-order valence-electron chi connectivity index (χ0n) is 12.6. The summed E-state index contributed by atoms with van der Waals surface area (Å²) in [5, 5.41) is 2.37. The molecule has 0 atom stereocenters. The predicted molar refractivity (Wildman–Crippen MR) is 79.7 cm³/mol. The highest BCUT2D eigenvalue weighted by atomic mass is 19.4. The number of para-hydroxylation sites is 1. The normalized spacial score (nSPS) is 16.4. The van der Waals surface area contributed by atoms with Crippen molar-refractivity contribution in [1.82, 2.24) is 4.90 Å². The molecule has 1 aromatic rings. The van der Waals surface area contributed by atoms with Crippen LogP contribution in [-0.4, -0.2) is 24.5 Å². The van der Waals surface area contributed by atoms with Crippen molar-refractivity contribution in [2.75, 3.05) is 18.9 Å². The minimum Gasteiger partial charge on any atom is -0.327 e. The number of hydrogen-bond acceptors (Lipinski definition) is 1. The summed E-state index contributed by atoms with van der Waals surface area (Å²) in [7, 11) is 1.63. The number of halogens is 3. The lowest BCUT2D eigenvalue weighted by Crippen LogP contribution is -2.36. The minimum absolute atomic E-state index is 0.199. The maximum Gasteiger partial charge on any atom is 0.418 e. The highest BCUT2D eigenvalue weighted by Gasteiger charge is 2.33. The fourth-order valence-corrected chi connectivity index (χ4v) is 2.89. The van der Waals surface area contributed by atoms with Crippen molar-refractivity contribution in [3.8, 4) is 0 Å². The molecule has 0 aliphatic heterocycles. The molecule has 2 rings (SSSR count). The number of hydrogen-bond donors (Lipinski definition) is 1. The molecule has 0 bridgehead atoms. The molecule has 2 amide bonds. The lowest BCUT2D eigenvalue weighted by Gasteiger charge is -2.27. The Labute approximate surface area is 128 Å². The maximum atomic E-state index is 12.9. The van der Waals surface area contributed by atoms with Gasteiger partial charge in [0.1, 0.15) is 0 Å². The van der Waals surface area contributed by atoms with Crippen LogP contribution in [0.2, 0.25) is 0 Å². The summed E-state index contributed by atoms with van der Waals surface area (Å²) < 4.78 is 38.7. The van der Waals surface area contributed by atoms with Crippen LogP contribution in [0.3, 0.4) is 0 Å². The fraction of sp³-hybridized carbons (Fsp3) is 0.562. The van der Waals surface area contributed by atoms with Gasteiger partial charge in [0.2, 0.25) is 0 Å². The molecule has 0 saturated heterocycles. The molecule has 1 saturated carbocycles. The second-order valence-electron chi connectivity index (χ2n) is 5.86. The van der Waals surface area contributed by atoms with E-state index in [-0.39, 0.29) is 5.69 Å². The first kappa shape index (κ1) is 16.6. The van der Waals surface area contributed by atoms with Gasteiger partial charge in [-0.1, -0.05) is 31.4 Å². The maximum absolute atomic E-state index is 12.9. The molecule has 122 valence electrons. The number of nitrogens with one attached hydrogen (secondary N) is 1. The van der Waals surface area contributed by atoms with Gasteiger partial charge in [0.25, 0.3) is 0 Å². The molecule has 6 heteroatoms. The minimum atomic E-state index is -4.48. The van der Waals surface area contributed by atoms with Crippen molar-refractivity contribution in [2.24, 2.45) is 5.92 Å². The molecule has 0 unspecified atom stereocenters. The van der Waals surface area contributed by atoms with Gasteiger partial charge in [0.05, 0.1) is 11.3 Å². The van der Waals surface area contributed by atoms with E-state index in [2.05, 4.69) is 5.32 Å². The Morgan fingerprint density at radius 1 is 1.23 bits per heavy atom. The van der Waals surface area contributed by atoms with E-state index in [1.165, 1.54) is 29.5 Å². The van der Waals surface area contributed by atoms with Crippen LogP contribution in [0.4, 0.5) is 23.7 Å². The Kier molecular flexibility index (Phi) is 5.32. The van der Waals surface area contributed by atoms with Crippen LogP contribution in [0, 0.1) is 5.92 Å². The van der Waals surface area contributed by atoms with Gasteiger partial charge in [-0.15, -0.1) is 0 Å². The van der Waals surface area contributed by atoms with Gasteiger partial charge < -0.3 is 10.2 Å². The fourth-order valence-electron chi connectivity index (χ4n) is 2.89. The number of carbonyl (C=O) groups is 1. The van der Waals surface area contributed by atoms with Crippen molar-refractivity contribution < 1.29 is 18.0 Å². The summed E-state index contributed by atoms with van der Waals surface area (Å²) in [6, 6.07) is 4.53. The molecular weight excluding hydrogens is 293 g/mol. The second-order valence-corrected chi connectivity index (χ2v) is 5.86. The van der Waals surface area contributed by atoms with E-state index in [1.807, 2.05) is 0 Å². The van der Waals surface area contributed by atoms with E-state index < -0.39 is 17.8 Å². The summed E-state index contributed by atoms with van der Waals surface area (Å²) in [5.74, 6) is 0.447. The molecule has 0 radical (unpaired) electrons. The highest BCUT2D eigenvalue weighted by molar-refractivity contribution is 5.90. The number of benzene rings is 1. The Morgan fingerprint density at radius 3 is 2.50 bits per heavy atom. The summed E-state index contributed by atoms with van der Waals surface area (Å²) in [4.78, 5) is 13.6. The number of amides is 2. The van der Waals surface area contributed by atoms with Crippen LogP contribution < -0.4 is 5.32 Å². The van der Waals surface area contributed by atoms with Gasteiger partial charge >= 0.3 is 12.2 Å². The van der Waals surface area contributed by atoms with Crippen molar-refractivity contribution in [3.05, 3.63) is 29.8 Å². The Morgan fingerprint density at radius 2 is 1.86 bits per heavy atom. The van der Waals surface area contributed by atoms with Crippen LogP contribution in [0.5, 0.6) is 0 Å². The van der Waals surface area contributed by atoms with E-state index in [0.29, 0.717) is 12.5 Å². The van der Waals surface area contributed by atoms with E-state index in [9.17, 15) is 18.0 Å². The Hall–Kier alpha value is -1.72. The van der Waals surface area contributed by atoms with Gasteiger partial charge in [-0.3, -0.25) is 0 Å². The summed E-state index contributed by atoms with van der Waals surface area (Å²) in [5.41, 5.74) is -1.02. The molecule has 1 N–H and O–H groups in total. The first-order valence-electron chi connectivity index (χ1n) is 7.56. The summed E-state index contributed by atoms with van der Waals surface area (Å²) in [6.07, 6.45) is 1.23. The quantitative estimate of drug-likeness (QED) is 0.858. The van der Waals surface area contributed by atoms with Gasteiger partial charge in [0.15, 0.2) is 0 Å². The zero-order valence-corrected chi connectivity index (χ0v) is 12.6. The summed E-state index contributed by atoms with van der Waals surface area (Å²) >= 11 is 0. The molecule has 1 aromatic carbocycles. The van der Waals surface area contributed by atoms with Crippen LogP contribution in [0.1, 0.15) is 37.7 Å². The summed E-state index contributed by atoms with van der Waals surface area (Å²) in [6.45, 7) is 0.583. The lowest BCUT2D eigenvalue weighted by molar-refractivity contribution is -0.136. The second kappa shape index (κ2) is 7.03. The largest absolute Gasteiger partial charge is 0.418 e. The van der Waals surface area contributed by atoms with Crippen LogP contribution >= 0.6 is 0 Å². The molecule has 1 fully saturated rings. The SMILES string of the molecule is CN(CC1CCCCC1)C(=O)Nc1ccccc1C(F)(F)F. The van der Waals surface area contributed by atoms with Crippen LogP contribution in [-0.2, 0) is 6.18 Å². The zero-order chi connectivity index (χ0) is 16.2. The lowest BCUT2D eigenvalue weighted by atomic mass is 9.89. The molecule has 1 aliphatic rings. The van der Waals surface area contributed by atoms with Crippen molar-refractivity contribution in [2.45, 2.75) is 38.3 Å². The number of nitrogens with zero attached hydrogens (tertiary/aromatic N) is 1. The van der Waals surface area contributed by atoms with Gasteiger partial charge in [-0.05, 0) is 30.9 Å². The van der Waals surface area contributed by atoms with E-state index in [1.54, 1.807) is 7.05 Å². The molecule has 0 heterocycles. The smallest absolute Gasteiger partial charge is 0.327 e. The molecule has 22 heavy (non-hydrogen) atoms. The van der Waals surface area contributed by atoms with Crippen LogP contribution in [0.25, 0.3) is 0 Å². The van der Waals surface area contributed by atoms with Crippen molar-refractivity contribution >= 4 is 11.7 Å². The number of rotatable bonds is 3. The van der Waals surface area contributed by atoms with E-state index in [0.717, 1.165) is 31.7 Å². The highest BCUT2D eigenvalue weighted by Crippen LogP contribution is 2.34. The van der Waals surface area contributed by atoms with E-state index >= 15 is 0 Å². The van der Waals surface area contributed by atoms with Crippen molar-refractivity contribution in [1.29, 1.82) is 0 Å². The molecule has 1 aliphatic carbocycles. The topological polar surface area (TPSA) is 32.3 Å². The first-order chi connectivity index (χ1) is 10.4. The molecule has 3 nitrogen and oxygen atoms in total. The molecular formula is C16H21F3N2O. The average Bonchev–Trinajstić information content (AvgIpc) is 2.47. The monoisotopic (exact) mass is 314 g/mol. The Balaban J connectivity index is 1.99. The van der Waals surface area contributed by atoms with Crippen LogP contribution in [0.15, 0.2) is 24.3 Å². The Bertz CT molecular complexity index is 510. The predicted octanol–water partition coefficient (Wildman–Crippen LogP) is 4.75. The number of urea groups is 1. The first-order valence-corrected chi connectivity index (χ1v) is 7.56. The number of carbonyl (C=O) groups excluding carboxylic acids is 1. The van der Waals surface area contributed by atoms with E-state index in [4.69, 9.17) is 0 Å². The third-order valence-electron chi connectivity index (χ3n) is 4.08. The molecule has 0 spiro atoms. The van der Waals surface area contributed by atoms with Gasteiger partial charge in [-0.25, -0.2) is 4.79 Å².